The van der Waals surface area contributed by atoms with E-state index in [4.69, 9.17) is 42.4 Å². The number of amides is 1. The Morgan fingerprint density at radius 1 is 0.878 bits per heavy atom. The van der Waals surface area contributed by atoms with Gasteiger partial charge in [-0.2, -0.15) is 0 Å². The highest BCUT2D eigenvalue weighted by Gasteiger charge is 2.43. The van der Waals surface area contributed by atoms with Gasteiger partial charge in [-0.05, 0) is 68.8 Å². The molecule has 2 saturated heterocycles. The van der Waals surface area contributed by atoms with Crippen molar-refractivity contribution in [2.45, 2.75) is 38.1 Å². The van der Waals surface area contributed by atoms with Gasteiger partial charge in [0.25, 0.3) is 0 Å². The highest BCUT2D eigenvalue weighted by Crippen LogP contribution is 2.49. The highest BCUT2D eigenvalue weighted by atomic mass is 35.5. The van der Waals surface area contributed by atoms with Gasteiger partial charge in [-0.15, -0.1) is 0 Å². The van der Waals surface area contributed by atoms with E-state index in [1.54, 1.807) is 33.6 Å². The Bertz CT molecular complexity index is 2060. The van der Waals surface area contributed by atoms with Gasteiger partial charge in [0.15, 0.2) is 0 Å². The molecule has 0 radical (unpaired) electrons. The number of imidazole rings is 1. The molecular weight excluding hydrogens is 663 g/mol. The first-order valence-electron chi connectivity index (χ1n) is 16.6. The first-order valence-corrected chi connectivity index (χ1v) is 17.4. The molecule has 1 N–H and O–H groups in total. The number of fused-ring (bicyclic) bond motifs is 3. The summed E-state index contributed by atoms with van der Waals surface area (Å²) in [6.45, 7) is 4.30. The molecule has 1 amide bonds. The van der Waals surface area contributed by atoms with Gasteiger partial charge in [0.05, 0.1) is 54.0 Å². The molecule has 8 rings (SSSR count). The summed E-state index contributed by atoms with van der Waals surface area (Å²) in [5.41, 5.74) is 6.27. The van der Waals surface area contributed by atoms with Crippen LogP contribution < -0.4 is 24.4 Å². The molecule has 0 unspecified atom stereocenters. The lowest BCUT2D eigenvalue weighted by atomic mass is 9.77. The van der Waals surface area contributed by atoms with Crippen molar-refractivity contribution in [3.05, 3.63) is 59.0 Å². The van der Waals surface area contributed by atoms with Crippen molar-refractivity contribution in [2.24, 2.45) is 5.41 Å². The number of nitrogens with one attached hydrogen (secondary N) is 1. The number of aromatic nitrogens is 3. The standard InChI is InChI=1S/C37H38Cl2N6O4/c1-47-30-17-29(44-12-8-37(20-44)6-10-43(11-7-37)23-4-5-23)27(42-21-46)15-24(30)26-16-28-22(19-41-26)14-25(36-40-9-13-45(28)36)33-34(38)31(48-2)18-32(49-3)35(33)39/h9,13-19,21,23H,4-8,10-12,20H2,1-3H3,(H,42,46). The molecule has 2 aromatic carbocycles. The van der Waals surface area contributed by atoms with Crippen LogP contribution in [0.4, 0.5) is 11.4 Å². The molecule has 49 heavy (non-hydrogen) atoms. The zero-order chi connectivity index (χ0) is 33.9. The number of likely N-dealkylation sites (tertiary alicyclic amines) is 1. The zero-order valence-corrected chi connectivity index (χ0v) is 29.3. The summed E-state index contributed by atoms with van der Waals surface area (Å²) in [5.74, 6) is 1.56. The molecular formula is C37H38Cl2N6O4. The topological polar surface area (TPSA) is 93.5 Å². The summed E-state index contributed by atoms with van der Waals surface area (Å²) in [7, 11) is 4.77. The third-order valence-corrected chi connectivity index (χ3v) is 11.5. The second kappa shape index (κ2) is 12.6. The van der Waals surface area contributed by atoms with E-state index in [-0.39, 0.29) is 0 Å². The van der Waals surface area contributed by atoms with Crippen molar-refractivity contribution in [1.82, 2.24) is 19.3 Å². The van der Waals surface area contributed by atoms with Gasteiger partial charge in [0, 0.05) is 71.9 Å². The second-order valence-corrected chi connectivity index (χ2v) is 14.1. The molecule has 0 bridgehead atoms. The first-order chi connectivity index (χ1) is 23.9. The average molecular weight is 702 g/mol. The van der Waals surface area contributed by atoms with E-state index in [9.17, 15) is 4.79 Å². The maximum Gasteiger partial charge on any atom is 0.211 e. The van der Waals surface area contributed by atoms with Crippen LogP contribution >= 0.6 is 23.2 Å². The Morgan fingerprint density at radius 2 is 1.59 bits per heavy atom. The smallest absolute Gasteiger partial charge is 0.211 e. The molecule has 2 aliphatic heterocycles. The van der Waals surface area contributed by atoms with Crippen LogP contribution in [0, 0.1) is 5.41 Å². The van der Waals surface area contributed by atoms with Crippen molar-refractivity contribution in [1.29, 1.82) is 0 Å². The maximum atomic E-state index is 11.9. The van der Waals surface area contributed by atoms with Gasteiger partial charge < -0.3 is 29.3 Å². The van der Waals surface area contributed by atoms with E-state index in [1.807, 2.05) is 41.1 Å². The number of halogens is 2. The molecule has 254 valence electrons. The van der Waals surface area contributed by atoms with E-state index < -0.39 is 0 Å². The van der Waals surface area contributed by atoms with Crippen molar-refractivity contribution in [3.8, 4) is 39.6 Å². The third kappa shape index (κ3) is 5.50. The Balaban J connectivity index is 1.18. The first kappa shape index (κ1) is 32.0. The van der Waals surface area contributed by atoms with Crippen LogP contribution in [-0.2, 0) is 4.79 Å². The van der Waals surface area contributed by atoms with E-state index in [0.717, 1.165) is 59.8 Å². The molecule has 10 nitrogen and oxygen atoms in total. The van der Waals surface area contributed by atoms with Crippen molar-refractivity contribution < 1.29 is 19.0 Å². The minimum absolute atomic E-state index is 0.315. The fraction of sp³-hybridized carbons (Fsp3) is 0.378. The van der Waals surface area contributed by atoms with E-state index in [1.165, 1.54) is 38.8 Å². The number of rotatable bonds is 9. The number of ether oxygens (including phenoxy) is 3. The van der Waals surface area contributed by atoms with Crippen LogP contribution in [0.1, 0.15) is 32.1 Å². The van der Waals surface area contributed by atoms with Crippen LogP contribution in [0.25, 0.3) is 38.9 Å². The number of carbonyl (C=O) groups is 1. The summed E-state index contributed by atoms with van der Waals surface area (Å²) in [5, 5.41) is 4.53. The third-order valence-electron chi connectivity index (χ3n) is 10.7. The lowest BCUT2D eigenvalue weighted by Gasteiger charge is -2.39. The van der Waals surface area contributed by atoms with Crippen LogP contribution in [0.5, 0.6) is 17.2 Å². The SMILES string of the molecule is COc1cc(N2CCC3(CCN(C4CC4)CC3)C2)c(NC=O)cc1-c1cc2c(cn1)cc(-c1c(Cl)c(OC)cc(OC)c1Cl)c1nccn12. The van der Waals surface area contributed by atoms with E-state index in [2.05, 4.69) is 20.1 Å². The van der Waals surface area contributed by atoms with Crippen LogP contribution in [0.3, 0.4) is 0 Å². The van der Waals surface area contributed by atoms with Gasteiger partial charge in [0.2, 0.25) is 6.41 Å². The largest absolute Gasteiger partial charge is 0.496 e. The normalized spacial score (nSPS) is 17.6. The number of methoxy groups -OCH3 is 3. The van der Waals surface area contributed by atoms with Gasteiger partial charge in [-0.25, -0.2) is 4.98 Å². The summed E-state index contributed by atoms with van der Waals surface area (Å²) < 4.78 is 19.0. The average Bonchev–Trinajstić information content (AvgIpc) is 3.70. The summed E-state index contributed by atoms with van der Waals surface area (Å²) in [6.07, 6.45) is 12.5. The summed E-state index contributed by atoms with van der Waals surface area (Å²) >= 11 is 13.7. The van der Waals surface area contributed by atoms with Gasteiger partial charge in [-0.3, -0.25) is 14.2 Å². The van der Waals surface area contributed by atoms with Crippen LogP contribution in [0.15, 0.2) is 48.9 Å². The molecule has 3 aliphatic rings. The molecule has 1 spiro atoms. The van der Waals surface area contributed by atoms with Crippen molar-refractivity contribution >= 4 is 57.5 Å². The lowest BCUT2D eigenvalue weighted by molar-refractivity contribution is -0.105. The minimum atomic E-state index is 0.315. The molecule has 0 atom stereocenters. The van der Waals surface area contributed by atoms with Crippen molar-refractivity contribution in [3.63, 3.8) is 0 Å². The summed E-state index contributed by atoms with van der Waals surface area (Å²) in [6, 6.07) is 10.5. The number of anilines is 2. The molecule has 1 aliphatic carbocycles. The molecule has 3 fully saturated rings. The number of pyridine rings is 2. The number of carbonyl (C=O) groups excluding carboxylic acids is 1. The summed E-state index contributed by atoms with van der Waals surface area (Å²) in [4.78, 5) is 26.5. The minimum Gasteiger partial charge on any atom is -0.496 e. The predicted octanol–water partition coefficient (Wildman–Crippen LogP) is 7.57. The molecule has 1 saturated carbocycles. The molecule has 3 aromatic heterocycles. The Hall–Kier alpha value is -4.25. The van der Waals surface area contributed by atoms with Crippen LogP contribution in [0.2, 0.25) is 10.0 Å². The number of piperidine rings is 1. The Morgan fingerprint density at radius 3 is 2.27 bits per heavy atom. The van der Waals surface area contributed by atoms with Gasteiger partial charge in [0.1, 0.15) is 22.9 Å². The van der Waals surface area contributed by atoms with Gasteiger partial charge in [-0.1, -0.05) is 23.2 Å². The molecule has 12 heteroatoms. The fourth-order valence-electron chi connectivity index (χ4n) is 7.88. The van der Waals surface area contributed by atoms with Crippen LogP contribution in [-0.4, -0.2) is 79.2 Å². The van der Waals surface area contributed by atoms with E-state index >= 15 is 0 Å². The fourth-order valence-corrected chi connectivity index (χ4v) is 8.58. The number of hydrogen-bond acceptors (Lipinski definition) is 8. The Labute approximate surface area is 294 Å². The quantitative estimate of drug-likeness (QED) is 0.157. The Kier molecular flexibility index (Phi) is 8.21. The molecule has 5 heterocycles. The number of hydrogen-bond donors (Lipinski definition) is 1. The van der Waals surface area contributed by atoms with E-state index in [0.29, 0.717) is 55.2 Å². The zero-order valence-electron chi connectivity index (χ0n) is 27.8. The number of nitrogens with zero attached hydrogens (tertiary/aromatic N) is 5. The van der Waals surface area contributed by atoms with Gasteiger partial charge >= 0.3 is 0 Å². The maximum absolute atomic E-state index is 11.9. The number of benzene rings is 2. The van der Waals surface area contributed by atoms with Crippen molar-refractivity contribution in [2.75, 3.05) is 57.7 Å². The second-order valence-electron chi connectivity index (χ2n) is 13.4. The predicted molar refractivity (Wildman–Crippen MR) is 194 cm³/mol. The lowest BCUT2D eigenvalue weighted by Crippen LogP contribution is -2.42. The highest BCUT2D eigenvalue weighted by molar-refractivity contribution is 6.41. The molecule has 5 aromatic rings. The monoisotopic (exact) mass is 700 g/mol.